The van der Waals surface area contributed by atoms with Gasteiger partial charge in [-0.3, -0.25) is 19.0 Å². The van der Waals surface area contributed by atoms with Gasteiger partial charge in [0.25, 0.3) is 10.1 Å². The molecule has 10 heteroatoms. The smallest absolute Gasteiger partial charge is 0.330 e. The Morgan fingerprint density at radius 3 is 2.80 bits per heavy atom. The van der Waals surface area contributed by atoms with Gasteiger partial charge in [0.1, 0.15) is 12.2 Å². The maximum absolute atomic E-state index is 12.7. The van der Waals surface area contributed by atoms with Crippen molar-refractivity contribution in [3.8, 4) is 0 Å². The lowest BCUT2D eigenvalue weighted by atomic mass is 9.77. The van der Waals surface area contributed by atoms with Crippen LogP contribution in [0.25, 0.3) is 0 Å². The summed E-state index contributed by atoms with van der Waals surface area (Å²) in [6, 6.07) is 0. The van der Waals surface area contributed by atoms with Crippen molar-refractivity contribution in [1.82, 2.24) is 4.90 Å². The molecule has 3 rings (SSSR count). The van der Waals surface area contributed by atoms with Gasteiger partial charge in [0.15, 0.2) is 0 Å². The van der Waals surface area contributed by atoms with Crippen LogP contribution in [0.2, 0.25) is 0 Å². The first-order chi connectivity index (χ1) is 11.7. The van der Waals surface area contributed by atoms with Crippen LogP contribution in [-0.4, -0.2) is 66.3 Å². The third-order valence-corrected chi connectivity index (χ3v) is 5.44. The van der Waals surface area contributed by atoms with Crippen molar-refractivity contribution in [3.63, 3.8) is 0 Å². The summed E-state index contributed by atoms with van der Waals surface area (Å²) in [6.45, 7) is 2.96. The summed E-state index contributed by atoms with van der Waals surface area (Å²) in [5.74, 6) is -3.69. The lowest BCUT2D eigenvalue weighted by Gasteiger charge is -2.28. The molecule has 0 aromatic rings. The number of hydrogen-bond donors (Lipinski definition) is 1. The van der Waals surface area contributed by atoms with E-state index < -0.39 is 57.2 Å². The fourth-order valence-corrected chi connectivity index (χ4v) is 4.09. The molecular weight excluding hydrogens is 354 g/mol. The number of rotatable bonds is 7. The Hall–Kier alpha value is -2.04. The van der Waals surface area contributed by atoms with E-state index in [0.717, 1.165) is 11.0 Å². The predicted octanol–water partition coefficient (Wildman–Crippen LogP) is -0.698. The van der Waals surface area contributed by atoms with Crippen molar-refractivity contribution in [2.75, 3.05) is 18.9 Å². The number of carbonyl (C=O) groups is 3. The van der Waals surface area contributed by atoms with Crippen molar-refractivity contribution in [2.24, 2.45) is 11.8 Å². The molecule has 3 aliphatic heterocycles. The van der Waals surface area contributed by atoms with Crippen molar-refractivity contribution in [2.45, 2.75) is 18.1 Å². The minimum Gasteiger partial charge on any atom is -0.459 e. The SMILES string of the molecule is C=CC(=O)OCC12C=CC(O1)C1C(=O)N(CCCS(=O)(=O)O)C(=O)C12. The molecule has 0 spiro atoms. The quantitative estimate of drug-likeness (QED) is 0.205. The number of likely N-dealkylation sites (tertiary alicyclic amines) is 1. The molecule has 2 fully saturated rings. The largest absolute Gasteiger partial charge is 0.459 e. The van der Waals surface area contributed by atoms with Gasteiger partial charge in [-0.1, -0.05) is 12.7 Å². The van der Waals surface area contributed by atoms with Crippen molar-refractivity contribution < 1.29 is 36.8 Å². The van der Waals surface area contributed by atoms with Crippen LogP contribution >= 0.6 is 0 Å². The molecule has 136 valence electrons. The maximum Gasteiger partial charge on any atom is 0.330 e. The minimum absolute atomic E-state index is 0.0623. The topological polar surface area (TPSA) is 127 Å². The summed E-state index contributed by atoms with van der Waals surface area (Å²) in [4.78, 5) is 37.5. The molecule has 3 aliphatic rings. The zero-order chi connectivity index (χ0) is 18.4. The molecule has 2 bridgehead atoms. The summed E-state index contributed by atoms with van der Waals surface area (Å²) >= 11 is 0. The van der Waals surface area contributed by atoms with Crippen molar-refractivity contribution in [1.29, 1.82) is 0 Å². The molecule has 0 aromatic carbocycles. The highest BCUT2D eigenvalue weighted by molar-refractivity contribution is 7.85. The van der Waals surface area contributed by atoms with Crippen LogP contribution in [0.5, 0.6) is 0 Å². The number of amides is 2. The molecule has 4 unspecified atom stereocenters. The van der Waals surface area contributed by atoms with E-state index in [9.17, 15) is 22.8 Å². The normalized spacial score (nSPS) is 33.0. The van der Waals surface area contributed by atoms with Gasteiger partial charge in [-0.15, -0.1) is 0 Å². The van der Waals surface area contributed by atoms with Crippen LogP contribution in [-0.2, 0) is 34.0 Å². The second-order valence-electron chi connectivity index (χ2n) is 6.18. The zero-order valence-corrected chi connectivity index (χ0v) is 14.0. The lowest BCUT2D eigenvalue weighted by Crippen LogP contribution is -2.44. The molecule has 4 atom stereocenters. The van der Waals surface area contributed by atoms with Crippen LogP contribution in [0, 0.1) is 11.8 Å². The van der Waals surface area contributed by atoms with Gasteiger partial charge in [-0.2, -0.15) is 8.42 Å². The average Bonchev–Trinajstić information content (AvgIpc) is 3.17. The average molecular weight is 371 g/mol. The molecule has 0 aliphatic carbocycles. The fraction of sp³-hybridized carbons (Fsp3) is 0.533. The fourth-order valence-electron chi connectivity index (χ4n) is 3.60. The second-order valence-corrected chi connectivity index (χ2v) is 7.75. The van der Waals surface area contributed by atoms with Gasteiger partial charge >= 0.3 is 5.97 Å². The zero-order valence-electron chi connectivity index (χ0n) is 13.2. The van der Waals surface area contributed by atoms with E-state index >= 15 is 0 Å². The van der Waals surface area contributed by atoms with E-state index in [0.29, 0.717) is 0 Å². The molecule has 0 saturated carbocycles. The highest BCUT2D eigenvalue weighted by Gasteiger charge is 2.67. The number of hydrogen-bond acceptors (Lipinski definition) is 7. The van der Waals surface area contributed by atoms with Gasteiger partial charge in [-0.25, -0.2) is 4.79 Å². The van der Waals surface area contributed by atoms with E-state index in [2.05, 4.69) is 6.58 Å². The van der Waals surface area contributed by atoms with Crippen LogP contribution in [0.3, 0.4) is 0 Å². The third-order valence-electron chi connectivity index (χ3n) is 4.64. The highest BCUT2D eigenvalue weighted by Crippen LogP contribution is 2.51. The summed E-state index contributed by atoms with van der Waals surface area (Å²) in [6.07, 6.45) is 3.63. The molecule has 3 heterocycles. The number of ether oxygens (including phenoxy) is 2. The minimum atomic E-state index is -4.16. The van der Waals surface area contributed by atoms with Crippen LogP contribution < -0.4 is 0 Å². The van der Waals surface area contributed by atoms with E-state index in [1.54, 1.807) is 12.2 Å². The molecule has 2 saturated heterocycles. The number of nitrogens with zero attached hydrogens (tertiary/aromatic N) is 1. The summed E-state index contributed by atoms with van der Waals surface area (Å²) in [5, 5.41) is 0. The van der Waals surface area contributed by atoms with E-state index in [4.69, 9.17) is 14.0 Å². The Morgan fingerprint density at radius 1 is 1.44 bits per heavy atom. The summed E-state index contributed by atoms with van der Waals surface area (Å²) in [5.41, 5.74) is -1.20. The third kappa shape index (κ3) is 3.00. The van der Waals surface area contributed by atoms with Gasteiger partial charge in [0.2, 0.25) is 11.8 Å². The Labute approximate surface area is 144 Å². The molecule has 25 heavy (non-hydrogen) atoms. The summed E-state index contributed by atoms with van der Waals surface area (Å²) < 4.78 is 41.1. The number of imide groups is 1. The molecule has 1 N–H and O–H groups in total. The summed E-state index contributed by atoms with van der Waals surface area (Å²) in [7, 11) is -4.16. The Balaban J connectivity index is 1.75. The number of fused-ring (bicyclic) bond motifs is 5. The molecule has 0 aromatic heterocycles. The monoisotopic (exact) mass is 371 g/mol. The number of esters is 1. The maximum atomic E-state index is 12.7. The first kappa shape index (κ1) is 17.8. The molecule has 0 radical (unpaired) electrons. The van der Waals surface area contributed by atoms with Gasteiger partial charge < -0.3 is 9.47 Å². The van der Waals surface area contributed by atoms with Crippen molar-refractivity contribution in [3.05, 3.63) is 24.8 Å². The van der Waals surface area contributed by atoms with Crippen LogP contribution in [0.15, 0.2) is 24.8 Å². The molecule has 2 amide bonds. The highest BCUT2D eigenvalue weighted by atomic mass is 32.2. The first-order valence-electron chi connectivity index (χ1n) is 7.65. The van der Waals surface area contributed by atoms with Crippen molar-refractivity contribution >= 4 is 27.9 Å². The first-order valence-corrected chi connectivity index (χ1v) is 9.26. The van der Waals surface area contributed by atoms with E-state index in [1.165, 1.54) is 0 Å². The Bertz CT molecular complexity index is 772. The van der Waals surface area contributed by atoms with E-state index in [-0.39, 0.29) is 19.6 Å². The Morgan fingerprint density at radius 2 is 2.16 bits per heavy atom. The number of carbonyl (C=O) groups excluding carboxylic acids is 3. The lowest BCUT2D eigenvalue weighted by molar-refractivity contribution is -0.152. The second kappa shape index (κ2) is 6.04. The van der Waals surface area contributed by atoms with Gasteiger partial charge in [0.05, 0.1) is 23.7 Å². The van der Waals surface area contributed by atoms with Gasteiger partial charge in [0, 0.05) is 12.6 Å². The standard InChI is InChI=1S/C15H17NO8S/c1-2-10(17)23-8-15-5-4-9(24-15)11-12(15)14(19)16(13(11)18)6-3-7-25(20,21)22/h2,4-5,9,11-12H,1,3,6-8H2,(H,20,21,22). The van der Waals surface area contributed by atoms with E-state index in [1.807, 2.05) is 0 Å². The van der Waals surface area contributed by atoms with Crippen LogP contribution in [0.4, 0.5) is 0 Å². The van der Waals surface area contributed by atoms with Crippen LogP contribution in [0.1, 0.15) is 6.42 Å². The predicted molar refractivity (Wildman–Crippen MR) is 82.6 cm³/mol. The molecular formula is C15H17NO8S. The Kier molecular flexibility index (Phi) is 4.30. The van der Waals surface area contributed by atoms with Gasteiger partial charge in [-0.05, 0) is 12.5 Å². The molecule has 9 nitrogen and oxygen atoms in total.